The molecule has 5 nitrogen and oxygen atoms in total. The van der Waals surface area contributed by atoms with Crippen molar-refractivity contribution in [1.82, 2.24) is 5.32 Å². The van der Waals surface area contributed by atoms with E-state index in [0.717, 1.165) is 11.1 Å². The summed E-state index contributed by atoms with van der Waals surface area (Å²) in [5.41, 5.74) is 2.31. The fourth-order valence-corrected chi connectivity index (χ4v) is 2.33. The van der Waals surface area contributed by atoms with E-state index in [1.54, 1.807) is 25.1 Å². The highest BCUT2D eigenvalue weighted by molar-refractivity contribution is 5.99. The number of rotatable bonds is 4. The summed E-state index contributed by atoms with van der Waals surface area (Å²) < 4.78 is 5.01. The minimum Gasteiger partial charge on any atom is -0.459 e. The molecule has 0 spiro atoms. The van der Waals surface area contributed by atoms with Crippen LogP contribution in [-0.4, -0.2) is 17.9 Å². The first-order valence-electron chi connectivity index (χ1n) is 8.44. The van der Waals surface area contributed by atoms with Crippen LogP contribution in [0.25, 0.3) is 0 Å². The highest BCUT2D eigenvalue weighted by Gasteiger charge is 2.18. The summed E-state index contributed by atoms with van der Waals surface area (Å²) in [6, 6.07) is 19.3. The first-order chi connectivity index (χ1) is 13.1. The summed E-state index contributed by atoms with van der Waals surface area (Å²) in [5.74, 6) is 5.54. The molecule has 5 heteroatoms. The van der Waals surface area contributed by atoms with Crippen LogP contribution in [0, 0.1) is 11.8 Å². The lowest BCUT2D eigenvalue weighted by molar-refractivity contribution is -0.117. The van der Waals surface area contributed by atoms with Gasteiger partial charge in [-0.3, -0.25) is 9.59 Å². The van der Waals surface area contributed by atoms with Crippen LogP contribution in [0.5, 0.6) is 0 Å². The van der Waals surface area contributed by atoms with Crippen molar-refractivity contribution >= 4 is 17.5 Å². The van der Waals surface area contributed by atoms with Gasteiger partial charge in [-0.25, -0.2) is 0 Å². The van der Waals surface area contributed by atoms with Gasteiger partial charge in [-0.15, -0.1) is 0 Å². The molecule has 1 atom stereocenters. The zero-order chi connectivity index (χ0) is 19.1. The van der Waals surface area contributed by atoms with Crippen molar-refractivity contribution in [2.45, 2.75) is 13.0 Å². The van der Waals surface area contributed by atoms with Crippen molar-refractivity contribution in [2.75, 3.05) is 5.32 Å². The Balaban J connectivity index is 1.62. The van der Waals surface area contributed by atoms with Crippen molar-refractivity contribution in [3.05, 3.63) is 89.9 Å². The summed E-state index contributed by atoms with van der Waals surface area (Å²) in [5, 5.41) is 5.37. The molecule has 3 rings (SSSR count). The molecule has 0 fully saturated rings. The van der Waals surface area contributed by atoms with Gasteiger partial charge in [0.2, 0.25) is 5.91 Å². The lowest BCUT2D eigenvalue weighted by Crippen LogP contribution is -2.41. The van der Waals surface area contributed by atoms with E-state index in [4.69, 9.17) is 4.42 Å². The van der Waals surface area contributed by atoms with Gasteiger partial charge in [0, 0.05) is 16.8 Å². The number of hydrogen-bond donors (Lipinski definition) is 2. The highest BCUT2D eigenvalue weighted by Crippen LogP contribution is 2.11. The molecule has 2 N–H and O–H groups in total. The Morgan fingerprint density at radius 1 is 0.926 bits per heavy atom. The molecular formula is C22H18N2O3. The van der Waals surface area contributed by atoms with Crippen LogP contribution in [0.3, 0.4) is 0 Å². The van der Waals surface area contributed by atoms with Crippen LogP contribution in [0.2, 0.25) is 0 Å². The largest absolute Gasteiger partial charge is 0.459 e. The minimum absolute atomic E-state index is 0.160. The standard InChI is InChI=1S/C22H18N2O3/c1-16(23-22(26)20-11-6-14-27-20)21(25)24-19-10-5-9-18(15-19)13-12-17-7-3-2-4-8-17/h2-11,14-16H,1H3,(H,23,26)(H,24,25). The molecule has 2 amide bonds. The monoisotopic (exact) mass is 358 g/mol. The van der Waals surface area contributed by atoms with E-state index in [0.29, 0.717) is 5.69 Å². The van der Waals surface area contributed by atoms with E-state index in [1.165, 1.54) is 12.3 Å². The number of hydrogen-bond acceptors (Lipinski definition) is 3. The lowest BCUT2D eigenvalue weighted by Gasteiger charge is -2.13. The van der Waals surface area contributed by atoms with Gasteiger partial charge in [0.15, 0.2) is 5.76 Å². The molecule has 1 aromatic heterocycles. The maximum atomic E-state index is 12.3. The second-order valence-electron chi connectivity index (χ2n) is 5.86. The molecule has 0 bridgehead atoms. The van der Waals surface area contributed by atoms with Gasteiger partial charge in [0.05, 0.1) is 6.26 Å². The predicted molar refractivity (Wildman–Crippen MR) is 103 cm³/mol. The summed E-state index contributed by atoms with van der Waals surface area (Å²) in [4.78, 5) is 24.3. The zero-order valence-corrected chi connectivity index (χ0v) is 14.7. The van der Waals surface area contributed by atoms with Crippen LogP contribution in [-0.2, 0) is 4.79 Å². The minimum atomic E-state index is -0.721. The lowest BCUT2D eigenvalue weighted by atomic mass is 10.1. The van der Waals surface area contributed by atoms with Crippen LogP contribution >= 0.6 is 0 Å². The number of carbonyl (C=O) groups excluding carboxylic acids is 2. The Hall–Kier alpha value is -3.78. The first kappa shape index (κ1) is 18.0. The van der Waals surface area contributed by atoms with Gasteiger partial charge in [0.1, 0.15) is 6.04 Å². The third-order valence-electron chi connectivity index (χ3n) is 3.74. The fraction of sp³-hybridized carbons (Fsp3) is 0.0909. The summed E-state index contributed by atoms with van der Waals surface area (Å²) in [6.07, 6.45) is 1.40. The van der Waals surface area contributed by atoms with E-state index in [1.807, 2.05) is 42.5 Å². The summed E-state index contributed by atoms with van der Waals surface area (Å²) in [7, 11) is 0. The Labute approximate surface area is 157 Å². The molecule has 0 saturated heterocycles. The van der Waals surface area contributed by atoms with Gasteiger partial charge >= 0.3 is 0 Å². The second kappa shape index (κ2) is 8.54. The maximum absolute atomic E-state index is 12.3. The van der Waals surface area contributed by atoms with Crippen LogP contribution in [0.15, 0.2) is 77.4 Å². The Bertz CT molecular complexity index is 983. The zero-order valence-electron chi connectivity index (χ0n) is 14.7. The van der Waals surface area contributed by atoms with Crippen molar-refractivity contribution < 1.29 is 14.0 Å². The van der Waals surface area contributed by atoms with Gasteiger partial charge < -0.3 is 15.1 Å². The van der Waals surface area contributed by atoms with Gasteiger partial charge in [0.25, 0.3) is 5.91 Å². The average Bonchev–Trinajstić information content (AvgIpc) is 3.22. The predicted octanol–water partition coefficient (Wildman–Crippen LogP) is 3.44. The number of nitrogens with one attached hydrogen (secondary N) is 2. The third kappa shape index (κ3) is 5.10. The van der Waals surface area contributed by atoms with Crippen LogP contribution in [0.4, 0.5) is 5.69 Å². The highest BCUT2D eigenvalue weighted by atomic mass is 16.3. The van der Waals surface area contributed by atoms with Crippen LogP contribution < -0.4 is 10.6 Å². The molecule has 1 unspecified atom stereocenters. The SMILES string of the molecule is CC(NC(=O)c1ccco1)C(=O)Nc1cccc(C#Cc2ccccc2)c1. The summed E-state index contributed by atoms with van der Waals surface area (Å²) in [6.45, 7) is 1.61. The van der Waals surface area contributed by atoms with E-state index >= 15 is 0 Å². The van der Waals surface area contributed by atoms with Crippen LogP contribution in [0.1, 0.15) is 28.6 Å². The smallest absolute Gasteiger partial charge is 0.287 e. The van der Waals surface area contributed by atoms with E-state index in [2.05, 4.69) is 22.5 Å². The van der Waals surface area contributed by atoms with Gasteiger partial charge in [-0.2, -0.15) is 0 Å². The van der Waals surface area contributed by atoms with Crippen molar-refractivity contribution in [3.63, 3.8) is 0 Å². The number of furan rings is 1. The van der Waals surface area contributed by atoms with E-state index in [9.17, 15) is 9.59 Å². The first-order valence-corrected chi connectivity index (χ1v) is 8.44. The molecule has 0 radical (unpaired) electrons. The quantitative estimate of drug-likeness (QED) is 0.702. The maximum Gasteiger partial charge on any atom is 0.287 e. The van der Waals surface area contributed by atoms with Gasteiger partial charge in [-0.1, -0.05) is 36.1 Å². The number of benzene rings is 2. The van der Waals surface area contributed by atoms with E-state index in [-0.39, 0.29) is 11.7 Å². The molecule has 0 aliphatic rings. The molecule has 0 saturated carbocycles. The van der Waals surface area contributed by atoms with Crippen molar-refractivity contribution in [1.29, 1.82) is 0 Å². The Morgan fingerprint density at radius 2 is 1.67 bits per heavy atom. The molecule has 0 aliphatic heterocycles. The second-order valence-corrected chi connectivity index (χ2v) is 5.86. The topological polar surface area (TPSA) is 71.3 Å². The molecular weight excluding hydrogens is 340 g/mol. The van der Waals surface area contributed by atoms with Crippen molar-refractivity contribution in [2.24, 2.45) is 0 Å². The molecule has 3 aromatic rings. The summed E-state index contributed by atoms with van der Waals surface area (Å²) >= 11 is 0. The molecule has 134 valence electrons. The fourth-order valence-electron chi connectivity index (χ4n) is 2.33. The average molecular weight is 358 g/mol. The molecule has 2 aromatic carbocycles. The third-order valence-corrected chi connectivity index (χ3v) is 3.74. The Kier molecular flexibility index (Phi) is 5.70. The molecule has 1 heterocycles. The number of carbonyl (C=O) groups is 2. The molecule has 0 aliphatic carbocycles. The Morgan fingerprint density at radius 3 is 2.41 bits per heavy atom. The van der Waals surface area contributed by atoms with Crippen molar-refractivity contribution in [3.8, 4) is 11.8 Å². The molecule has 27 heavy (non-hydrogen) atoms. The number of anilines is 1. The number of amides is 2. The normalized spacial score (nSPS) is 11.0. The van der Waals surface area contributed by atoms with Gasteiger partial charge in [-0.05, 0) is 49.4 Å². The van der Waals surface area contributed by atoms with E-state index < -0.39 is 11.9 Å².